The molecule has 0 bridgehead atoms. The third-order valence-electron chi connectivity index (χ3n) is 8.09. The van der Waals surface area contributed by atoms with E-state index < -0.39 is 10.0 Å². The Kier molecular flexibility index (Phi) is 10.7. The number of rotatable bonds is 8. The number of hydrogen-bond donors (Lipinski definition) is 2. The number of sulfonamides is 1. The fourth-order valence-electron chi connectivity index (χ4n) is 5.49. The highest BCUT2D eigenvalue weighted by atomic mass is 32.2. The quantitative estimate of drug-likeness (QED) is 0.272. The number of carbonyl (C=O) groups excluding carboxylic acids is 2. The van der Waals surface area contributed by atoms with Gasteiger partial charge in [0, 0.05) is 41.7 Å². The molecule has 10 heteroatoms. The summed E-state index contributed by atoms with van der Waals surface area (Å²) < 4.78 is 39.4. The number of morpholine rings is 1. The highest BCUT2D eigenvalue weighted by molar-refractivity contribution is 7.89. The average molecular weight is 596 g/mol. The first-order valence-electron chi connectivity index (χ1n) is 14.5. The second-order valence-electron chi connectivity index (χ2n) is 11.4. The van der Waals surface area contributed by atoms with Gasteiger partial charge in [0.05, 0.1) is 31.3 Å². The summed E-state index contributed by atoms with van der Waals surface area (Å²) in [6, 6.07) is 12.0. The van der Waals surface area contributed by atoms with Crippen LogP contribution in [0.4, 0.5) is 5.69 Å². The Morgan fingerprint density at radius 1 is 1.10 bits per heavy atom. The van der Waals surface area contributed by atoms with Gasteiger partial charge in [-0.3, -0.25) is 9.59 Å². The van der Waals surface area contributed by atoms with Gasteiger partial charge >= 0.3 is 5.97 Å². The fourth-order valence-corrected chi connectivity index (χ4v) is 6.83. The zero-order chi connectivity index (χ0) is 30.3. The number of methoxy groups -OCH3 is 1. The number of hydrogen-bond acceptors (Lipinski definition) is 7. The molecule has 1 aliphatic heterocycles. The van der Waals surface area contributed by atoms with Crippen LogP contribution < -0.4 is 10.5 Å². The number of nitrogen functional groups attached to an aromatic ring is 1. The predicted octanol–water partition coefficient (Wildman–Crippen LogP) is 3.49. The van der Waals surface area contributed by atoms with Gasteiger partial charge in [0.15, 0.2) is 0 Å². The summed E-state index contributed by atoms with van der Waals surface area (Å²) >= 11 is 0. The molecule has 1 unspecified atom stereocenters. The molecular formula is C32H41N3O6S. The lowest BCUT2D eigenvalue weighted by molar-refractivity contribution is -0.147. The predicted molar refractivity (Wildman–Crippen MR) is 161 cm³/mol. The van der Waals surface area contributed by atoms with Crippen molar-refractivity contribution in [2.24, 2.45) is 11.8 Å². The third-order valence-corrected chi connectivity index (χ3v) is 9.61. The Balaban J connectivity index is 1.32. The molecule has 1 atom stereocenters. The van der Waals surface area contributed by atoms with Crippen LogP contribution in [0.3, 0.4) is 0 Å². The molecule has 2 aromatic carbocycles. The van der Waals surface area contributed by atoms with Crippen LogP contribution in [-0.4, -0.2) is 64.1 Å². The normalized spacial score (nSPS) is 21.0. The second kappa shape index (κ2) is 14.2. The number of aryl methyl sites for hydroxylation is 1. The zero-order valence-electron chi connectivity index (χ0n) is 24.6. The van der Waals surface area contributed by atoms with Crippen LogP contribution in [-0.2, 0) is 35.5 Å². The molecule has 1 amide bonds. The number of esters is 1. The SMILES string of the molecule is COC(=O)CCc1ccc(C#Cc2ccc(S(=O)(=O)NC3CCC(C(=O)N4CCOCC4C(C)C)CC3)cc2N)cc1. The Morgan fingerprint density at radius 3 is 2.45 bits per heavy atom. The van der Waals surface area contributed by atoms with E-state index in [0.717, 1.165) is 11.1 Å². The fraction of sp³-hybridized carbons (Fsp3) is 0.500. The van der Waals surface area contributed by atoms with Crippen LogP contribution in [0.25, 0.3) is 0 Å². The van der Waals surface area contributed by atoms with Gasteiger partial charge in [-0.05, 0) is 73.9 Å². The maximum absolute atomic E-state index is 13.3. The summed E-state index contributed by atoms with van der Waals surface area (Å²) in [5, 5.41) is 0. The van der Waals surface area contributed by atoms with Crippen molar-refractivity contribution in [2.45, 2.75) is 69.4 Å². The van der Waals surface area contributed by atoms with Gasteiger partial charge in [0.1, 0.15) is 0 Å². The Hall–Kier alpha value is -3.39. The summed E-state index contributed by atoms with van der Waals surface area (Å²) in [5.74, 6) is 6.21. The van der Waals surface area contributed by atoms with E-state index in [2.05, 4.69) is 35.1 Å². The largest absolute Gasteiger partial charge is 0.469 e. The first kappa shape index (κ1) is 31.5. The molecule has 9 nitrogen and oxygen atoms in total. The van der Waals surface area contributed by atoms with E-state index in [4.69, 9.17) is 10.5 Å². The van der Waals surface area contributed by atoms with Gasteiger partial charge in [-0.1, -0.05) is 37.8 Å². The number of nitrogens with zero attached hydrogens (tertiary/aromatic N) is 1. The zero-order valence-corrected chi connectivity index (χ0v) is 25.4. The molecule has 3 N–H and O–H groups in total. The molecule has 0 radical (unpaired) electrons. The lowest BCUT2D eigenvalue weighted by atomic mass is 9.85. The Morgan fingerprint density at radius 2 is 1.81 bits per heavy atom. The molecule has 2 aromatic rings. The van der Waals surface area contributed by atoms with Gasteiger partial charge in [0.2, 0.25) is 15.9 Å². The van der Waals surface area contributed by atoms with Crippen LogP contribution in [0.5, 0.6) is 0 Å². The van der Waals surface area contributed by atoms with Crippen molar-refractivity contribution in [1.82, 2.24) is 9.62 Å². The van der Waals surface area contributed by atoms with E-state index in [1.54, 1.807) is 6.07 Å². The smallest absolute Gasteiger partial charge is 0.305 e. The van der Waals surface area contributed by atoms with Crippen molar-refractivity contribution in [2.75, 3.05) is 32.6 Å². The Bertz CT molecular complexity index is 1420. The number of amides is 1. The monoisotopic (exact) mass is 595 g/mol. The summed E-state index contributed by atoms with van der Waals surface area (Å²) in [7, 11) is -2.41. The van der Waals surface area contributed by atoms with E-state index in [1.807, 2.05) is 29.2 Å². The summed E-state index contributed by atoms with van der Waals surface area (Å²) in [6.07, 6.45) is 3.41. The van der Waals surface area contributed by atoms with E-state index in [0.29, 0.717) is 69.8 Å². The van der Waals surface area contributed by atoms with Crippen LogP contribution >= 0.6 is 0 Å². The van der Waals surface area contributed by atoms with E-state index in [1.165, 1.54) is 19.2 Å². The number of benzene rings is 2. The summed E-state index contributed by atoms with van der Waals surface area (Å²) in [6.45, 7) is 5.95. The molecule has 42 heavy (non-hydrogen) atoms. The topological polar surface area (TPSA) is 128 Å². The summed E-state index contributed by atoms with van der Waals surface area (Å²) in [5.41, 5.74) is 8.78. The van der Waals surface area contributed by atoms with Gasteiger partial charge in [-0.2, -0.15) is 0 Å². The molecular weight excluding hydrogens is 554 g/mol. The first-order valence-corrected chi connectivity index (χ1v) is 16.0. The van der Waals surface area contributed by atoms with Crippen molar-refractivity contribution >= 4 is 27.6 Å². The van der Waals surface area contributed by atoms with Gasteiger partial charge in [-0.25, -0.2) is 13.1 Å². The molecule has 1 saturated heterocycles. The molecule has 1 aliphatic carbocycles. The van der Waals surface area contributed by atoms with Crippen LogP contribution in [0.1, 0.15) is 62.6 Å². The van der Waals surface area contributed by atoms with Crippen LogP contribution in [0, 0.1) is 23.7 Å². The van der Waals surface area contributed by atoms with Gasteiger partial charge < -0.3 is 20.1 Å². The van der Waals surface area contributed by atoms with Gasteiger partial charge in [0.25, 0.3) is 0 Å². The third kappa shape index (κ3) is 8.12. The number of nitrogens with two attached hydrogens (primary N) is 1. The standard InChI is InChI=1S/C32H41N3O6S/c1-22(2)30-21-41-19-18-35(30)32(37)26-11-14-27(15-12-26)34-42(38,39)28-16-13-25(29(33)20-28)10-8-23-4-6-24(7-5-23)9-17-31(36)40-3/h4-7,13,16,20,22,26-27,30,34H,9,11-12,14-15,17-19,21,33H2,1-3H3. The number of nitrogens with one attached hydrogen (secondary N) is 1. The van der Waals surface area contributed by atoms with Crippen LogP contribution in [0.15, 0.2) is 47.4 Å². The van der Waals surface area contributed by atoms with Crippen molar-refractivity contribution in [3.63, 3.8) is 0 Å². The van der Waals surface area contributed by atoms with E-state index >= 15 is 0 Å². The molecule has 226 valence electrons. The molecule has 1 heterocycles. The van der Waals surface area contributed by atoms with Crippen molar-refractivity contribution in [3.05, 3.63) is 59.2 Å². The average Bonchev–Trinajstić information content (AvgIpc) is 2.99. The minimum Gasteiger partial charge on any atom is -0.469 e. The van der Waals surface area contributed by atoms with Crippen molar-refractivity contribution < 1.29 is 27.5 Å². The van der Waals surface area contributed by atoms with E-state index in [-0.39, 0.29) is 40.5 Å². The van der Waals surface area contributed by atoms with Crippen LogP contribution in [0.2, 0.25) is 0 Å². The first-order chi connectivity index (χ1) is 20.1. The molecule has 0 spiro atoms. The molecule has 2 fully saturated rings. The van der Waals surface area contributed by atoms with Crippen molar-refractivity contribution in [3.8, 4) is 11.8 Å². The van der Waals surface area contributed by atoms with Gasteiger partial charge in [-0.15, -0.1) is 0 Å². The summed E-state index contributed by atoms with van der Waals surface area (Å²) in [4.78, 5) is 26.6. The lowest BCUT2D eigenvalue weighted by Gasteiger charge is -2.41. The minimum atomic E-state index is -3.79. The molecule has 1 saturated carbocycles. The number of anilines is 1. The minimum absolute atomic E-state index is 0.0883. The van der Waals surface area contributed by atoms with Crippen molar-refractivity contribution in [1.29, 1.82) is 0 Å². The number of carbonyl (C=O) groups is 2. The Labute approximate surface area is 249 Å². The van der Waals surface area contributed by atoms with E-state index in [9.17, 15) is 18.0 Å². The number of ether oxygens (including phenoxy) is 2. The second-order valence-corrected chi connectivity index (χ2v) is 13.1. The lowest BCUT2D eigenvalue weighted by Crippen LogP contribution is -2.53. The maximum atomic E-state index is 13.3. The highest BCUT2D eigenvalue weighted by Gasteiger charge is 2.36. The maximum Gasteiger partial charge on any atom is 0.305 e. The molecule has 2 aliphatic rings. The molecule has 4 rings (SSSR count). The molecule has 0 aromatic heterocycles. The highest BCUT2D eigenvalue weighted by Crippen LogP contribution is 2.29.